The van der Waals surface area contributed by atoms with Gasteiger partial charge in [0.25, 0.3) is 0 Å². The summed E-state index contributed by atoms with van der Waals surface area (Å²) in [6.45, 7) is 1.58. The van der Waals surface area contributed by atoms with Crippen molar-refractivity contribution >= 4 is 34.9 Å². The summed E-state index contributed by atoms with van der Waals surface area (Å²) in [5.41, 5.74) is 15.1. The molecule has 0 atom stereocenters. The van der Waals surface area contributed by atoms with Gasteiger partial charge in [0, 0.05) is 30.2 Å². The molecule has 0 radical (unpaired) electrons. The fourth-order valence-corrected chi connectivity index (χ4v) is 2.90. The van der Waals surface area contributed by atoms with E-state index in [4.69, 9.17) is 11.5 Å². The molecule has 1 aliphatic carbocycles. The van der Waals surface area contributed by atoms with Gasteiger partial charge in [-0.2, -0.15) is 15.0 Å². The minimum absolute atomic E-state index is 0.471. The van der Waals surface area contributed by atoms with E-state index in [-0.39, 0.29) is 0 Å². The summed E-state index contributed by atoms with van der Waals surface area (Å²) in [4.78, 5) is 13.5. The van der Waals surface area contributed by atoms with Crippen LogP contribution in [0.15, 0.2) is 48.5 Å². The van der Waals surface area contributed by atoms with Crippen molar-refractivity contribution in [2.45, 2.75) is 19.3 Å². The monoisotopic (exact) mass is 390 g/mol. The number of nitrogens with zero attached hydrogens (tertiary/aromatic N) is 3. The molecule has 1 fully saturated rings. The highest BCUT2D eigenvalue weighted by Gasteiger charge is 2.21. The first-order valence-corrected chi connectivity index (χ1v) is 9.85. The molecule has 0 amide bonds. The van der Waals surface area contributed by atoms with Crippen LogP contribution >= 0.6 is 0 Å². The summed E-state index contributed by atoms with van der Waals surface area (Å²) < 4.78 is 0. The molecule has 1 aromatic heterocycles. The van der Waals surface area contributed by atoms with Gasteiger partial charge in [0.1, 0.15) is 0 Å². The largest absolute Gasteiger partial charge is 0.399 e. The third kappa shape index (κ3) is 5.71. The van der Waals surface area contributed by atoms with Crippen LogP contribution in [0.5, 0.6) is 0 Å². The van der Waals surface area contributed by atoms with E-state index >= 15 is 0 Å². The van der Waals surface area contributed by atoms with Crippen LogP contribution in [0.1, 0.15) is 18.4 Å². The van der Waals surface area contributed by atoms with Crippen LogP contribution in [0.3, 0.4) is 0 Å². The van der Waals surface area contributed by atoms with Gasteiger partial charge in [-0.15, -0.1) is 0 Å². The molecule has 29 heavy (non-hydrogen) atoms. The quantitative estimate of drug-likeness (QED) is 0.352. The fourth-order valence-electron chi connectivity index (χ4n) is 2.90. The molecule has 0 saturated heterocycles. The van der Waals surface area contributed by atoms with E-state index in [0.717, 1.165) is 30.3 Å². The van der Waals surface area contributed by atoms with Crippen LogP contribution in [0, 0.1) is 5.92 Å². The minimum Gasteiger partial charge on any atom is -0.399 e. The first-order valence-electron chi connectivity index (χ1n) is 9.85. The summed E-state index contributed by atoms with van der Waals surface area (Å²) in [7, 11) is 0. The summed E-state index contributed by atoms with van der Waals surface area (Å²) in [5.74, 6) is 2.28. The first-order chi connectivity index (χ1) is 14.1. The summed E-state index contributed by atoms with van der Waals surface area (Å²) in [6, 6.07) is 15.4. The molecule has 8 heteroatoms. The van der Waals surface area contributed by atoms with Gasteiger partial charge in [-0.3, -0.25) is 0 Å². The van der Waals surface area contributed by atoms with Gasteiger partial charge in [-0.1, -0.05) is 18.2 Å². The number of hydrogen-bond acceptors (Lipinski definition) is 8. The topological polar surface area (TPSA) is 127 Å². The van der Waals surface area contributed by atoms with Gasteiger partial charge in [0.15, 0.2) is 0 Å². The van der Waals surface area contributed by atoms with Gasteiger partial charge >= 0.3 is 0 Å². The molecule has 1 heterocycles. The van der Waals surface area contributed by atoms with Gasteiger partial charge in [-0.25, -0.2) is 0 Å². The van der Waals surface area contributed by atoms with Crippen LogP contribution in [0.2, 0.25) is 0 Å². The third-order valence-corrected chi connectivity index (χ3v) is 4.70. The number of rotatable bonds is 9. The Morgan fingerprint density at radius 2 is 1.55 bits per heavy atom. The smallest absolute Gasteiger partial charge is 0.233 e. The van der Waals surface area contributed by atoms with E-state index in [1.807, 2.05) is 48.5 Å². The standard InChI is InChI=1S/C21H26N8/c22-16-8-6-14(7-9-16)10-11-24-19-27-20(25-13-15-4-5-15)29-21(28-19)26-18-3-1-2-17(23)12-18/h1-3,6-9,12,15H,4-5,10-11,13,22-23H2,(H3,24,25,26,27,28,29). The van der Waals surface area contributed by atoms with Crippen molar-refractivity contribution in [2.24, 2.45) is 5.92 Å². The molecule has 3 aromatic rings. The van der Waals surface area contributed by atoms with Crippen LogP contribution in [-0.4, -0.2) is 28.0 Å². The number of hydrogen-bond donors (Lipinski definition) is 5. The number of benzene rings is 2. The average molecular weight is 390 g/mol. The Hall–Kier alpha value is -3.55. The van der Waals surface area contributed by atoms with E-state index in [0.29, 0.717) is 30.1 Å². The zero-order chi connectivity index (χ0) is 20.1. The van der Waals surface area contributed by atoms with Gasteiger partial charge < -0.3 is 27.4 Å². The second-order valence-corrected chi connectivity index (χ2v) is 7.30. The Labute approximate surface area is 170 Å². The molecule has 2 aromatic carbocycles. The predicted octanol–water partition coefficient (Wildman–Crippen LogP) is 3.26. The number of nitrogen functional groups attached to an aromatic ring is 2. The highest BCUT2D eigenvalue weighted by atomic mass is 15.3. The van der Waals surface area contributed by atoms with E-state index < -0.39 is 0 Å². The minimum atomic E-state index is 0.471. The molecule has 150 valence electrons. The normalized spacial score (nSPS) is 13.1. The molecule has 0 unspecified atom stereocenters. The van der Waals surface area contributed by atoms with Crippen LogP contribution in [-0.2, 0) is 6.42 Å². The van der Waals surface area contributed by atoms with Crippen molar-refractivity contribution in [1.82, 2.24) is 15.0 Å². The van der Waals surface area contributed by atoms with Crippen molar-refractivity contribution < 1.29 is 0 Å². The van der Waals surface area contributed by atoms with Crippen molar-refractivity contribution in [3.63, 3.8) is 0 Å². The zero-order valence-electron chi connectivity index (χ0n) is 16.2. The van der Waals surface area contributed by atoms with Crippen molar-refractivity contribution in [2.75, 3.05) is 40.5 Å². The lowest BCUT2D eigenvalue weighted by molar-refractivity contribution is 0.867. The maximum Gasteiger partial charge on any atom is 0.233 e. The van der Waals surface area contributed by atoms with Crippen LogP contribution in [0.25, 0.3) is 0 Å². The summed E-state index contributed by atoms with van der Waals surface area (Å²) >= 11 is 0. The van der Waals surface area contributed by atoms with Gasteiger partial charge in [0.2, 0.25) is 17.8 Å². The molecular formula is C21H26N8. The second kappa shape index (κ2) is 8.64. The molecular weight excluding hydrogens is 364 g/mol. The van der Waals surface area contributed by atoms with Crippen LogP contribution in [0.4, 0.5) is 34.9 Å². The Morgan fingerprint density at radius 3 is 2.28 bits per heavy atom. The lowest BCUT2D eigenvalue weighted by atomic mass is 10.1. The van der Waals surface area contributed by atoms with E-state index in [1.165, 1.54) is 18.4 Å². The zero-order valence-corrected chi connectivity index (χ0v) is 16.2. The van der Waals surface area contributed by atoms with Gasteiger partial charge in [0.05, 0.1) is 0 Å². The Bertz CT molecular complexity index is 953. The Morgan fingerprint density at radius 1 is 0.828 bits per heavy atom. The third-order valence-electron chi connectivity index (χ3n) is 4.70. The lowest BCUT2D eigenvalue weighted by Gasteiger charge is -2.11. The number of aromatic nitrogens is 3. The van der Waals surface area contributed by atoms with E-state index in [9.17, 15) is 0 Å². The highest BCUT2D eigenvalue weighted by molar-refractivity contribution is 5.60. The number of nitrogens with two attached hydrogens (primary N) is 2. The fraction of sp³-hybridized carbons (Fsp3) is 0.286. The highest BCUT2D eigenvalue weighted by Crippen LogP contribution is 2.28. The Balaban J connectivity index is 1.44. The molecule has 8 nitrogen and oxygen atoms in total. The molecule has 0 aliphatic heterocycles. The van der Waals surface area contributed by atoms with E-state index in [1.54, 1.807) is 0 Å². The molecule has 0 spiro atoms. The van der Waals surface area contributed by atoms with Crippen molar-refractivity contribution in [3.8, 4) is 0 Å². The van der Waals surface area contributed by atoms with Crippen molar-refractivity contribution in [1.29, 1.82) is 0 Å². The predicted molar refractivity (Wildman–Crippen MR) is 118 cm³/mol. The molecule has 1 saturated carbocycles. The SMILES string of the molecule is Nc1ccc(CCNc2nc(NCC3CC3)nc(Nc3cccc(N)c3)n2)cc1. The Kier molecular flexibility index (Phi) is 5.60. The van der Waals surface area contributed by atoms with Crippen LogP contribution < -0.4 is 27.4 Å². The molecule has 7 N–H and O–H groups in total. The van der Waals surface area contributed by atoms with Gasteiger partial charge in [-0.05, 0) is 61.1 Å². The average Bonchev–Trinajstić information content (AvgIpc) is 3.52. The molecule has 0 bridgehead atoms. The maximum atomic E-state index is 5.86. The molecule has 4 rings (SSSR count). The lowest BCUT2D eigenvalue weighted by Crippen LogP contribution is -2.14. The maximum absolute atomic E-state index is 5.86. The second-order valence-electron chi connectivity index (χ2n) is 7.30. The summed E-state index contributed by atoms with van der Waals surface area (Å²) in [5, 5.41) is 9.82. The number of nitrogens with one attached hydrogen (secondary N) is 3. The summed E-state index contributed by atoms with van der Waals surface area (Å²) in [6.07, 6.45) is 3.37. The van der Waals surface area contributed by atoms with Crippen molar-refractivity contribution in [3.05, 3.63) is 54.1 Å². The van der Waals surface area contributed by atoms with E-state index in [2.05, 4.69) is 30.9 Å². The first kappa shape index (κ1) is 18.8. The number of anilines is 6. The molecule has 1 aliphatic rings.